The molecule has 1 fully saturated rings. The molecular weight excluding hydrogens is 434 g/mol. The van der Waals surface area contributed by atoms with Crippen LogP contribution in [0.25, 0.3) is 0 Å². The summed E-state index contributed by atoms with van der Waals surface area (Å²) in [4.78, 5) is 24.2. The van der Waals surface area contributed by atoms with Gasteiger partial charge >= 0.3 is 0 Å². The second kappa shape index (κ2) is 10.1. The molecule has 1 saturated heterocycles. The number of para-hydroxylation sites is 1. The van der Waals surface area contributed by atoms with Crippen molar-refractivity contribution in [3.8, 4) is 5.75 Å². The predicted molar refractivity (Wildman–Crippen MR) is 119 cm³/mol. The number of nitro benzene ring substituents is 1. The van der Waals surface area contributed by atoms with Gasteiger partial charge in [-0.2, -0.15) is 4.31 Å². The molecule has 10 heteroatoms. The van der Waals surface area contributed by atoms with Gasteiger partial charge in [-0.1, -0.05) is 38.1 Å². The van der Waals surface area contributed by atoms with Gasteiger partial charge in [0.05, 0.1) is 18.0 Å². The van der Waals surface area contributed by atoms with E-state index in [-0.39, 0.29) is 50.0 Å². The van der Waals surface area contributed by atoms with Crippen molar-refractivity contribution < 1.29 is 22.9 Å². The van der Waals surface area contributed by atoms with E-state index in [0.717, 1.165) is 0 Å². The summed E-state index contributed by atoms with van der Waals surface area (Å²) in [5.74, 6) is 1.01. The molecule has 1 aliphatic rings. The first-order chi connectivity index (χ1) is 15.2. The second-order valence-corrected chi connectivity index (χ2v) is 9.74. The standard InChI is InChI=1S/C22H27N3O6S/c1-17(2)18-7-9-19(10-8-18)31-16-11-22(26)23-12-14-24(15-13-23)32(29,30)21-6-4-3-5-20(21)25(27)28/h3-10,17H,11-16H2,1-2H3. The number of ether oxygens (including phenoxy) is 1. The Labute approximate surface area is 187 Å². The van der Waals surface area contributed by atoms with Crippen LogP contribution >= 0.6 is 0 Å². The molecule has 0 N–H and O–H groups in total. The molecule has 2 aromatic rings. The normalized spacial score (nSPS) is 15.0. The molecule has 2 aromatic carbocycles. The van der Waals surface area contributed by atoms with Crippen LogP contribution in [0.2, 0.25) is 0 Å². The maximum atomic E-state index is 12.9. The summed E-state index contributed by atoms with van der Waals surface area (Å²) in [7, 11) is -4.02. The molecule has 32 heavy (non-hydrogen) atoms. The third-order valence-electron chi connectivity index (χ3n) is 5.40. The molecule has 1 heterocycles. The molecule has 172 valence electrons. The Balaban J connectivity index is 1.52. The minimum atomic E-state index is -4.02. The number of rotatable bonds is 8. The average molecular weight is 462 g/mol. The number of carbonyl (C=O) groups excluding carboxylic acids is 1. The van der Waals surface area contributed by atoms with Gasteiger partial charge in [0, 0.05) is 32.2 Å². The van der Waals surface area contributed by atoms with Crippen LogP contribution in [0.4, 0.5) is 5.69 Å². The summed E-state index contributed by atoms with van der Waals surface area (Å²) in [5, 5.41) is 11.2. The fourth-order valence-electron chi connectivity index (χ4n) is 3.51. The van der Waals surface area contributed by atoms with E-state index in [9.17, 15) is 23.3 Å². The van der Waals surface area contributed by atoms with Gasteiger partial charge < -0.3 is 9.64 Å². The van der Waals surface area contributed by atoms with Crippen molar-refractivity contribution in [2.75, 3.05) is 32.8 Å². The van der Waals surface area contributed by atoms with Crippen LogP contribution in [-0.4, -0.2) is 61.2 Å². The maximum Gasteiger partial charge on any atom is 0.289 e. The molecular formula is C22H27N3O6S. The Kier molecular flexibility index (Phi) is 7.47. The summed E-state index contributed by atoms with van der Waals surface area (Å²) in [6.45, 7) is 5.06. The highest BCUT2D eigenvalue weighted by Crippen LogP contribution is 2.27. The molecule has 0 spiro atoms. The van der Waals surface area contributed by atoms with E-state index < -0.39 is 20.6 Å². The van der Waals surface area contributed by atoms with E-state index in [1.54, 1.807) is 4.90 Å². The lowest BCUT2D eigenvalue weighted by Gasteiger charge is -2.34. The fraction of sp³-hybridized carbons (Fsp3) is 0.409. The largest absolute Gasteiger partial charge is 0.493 e. The molecule has 0 radical (unpaired) electrons. The van der Waals surface area contributed by atoms with E-state index >= 15 is 0 Å². The zero-order chi connectivity index (χ0) is 23.3. The number of amides is 1. The molecule has 0 bridgehead atoms. The Hall–Kier alpha value is -2.98. The second-order valence-electron chi connectivity index (χ2n) is 7.83. The van der Waals surface area contributed by atoms with Gasteiger partial charge in [-0.15, -0.1) is 0 Å². The summed E-state index contributed by atoms with van der Waals surface area (Å²) >= 11 is 0. The monoisotopic (exact) mass is 461 g/mol. The maximum absolute atomic E-state index is 12.9. The fourth-order valence-corrected chi connectivity index (χ4v) is 5.09. The number of hydrogen-bond acceptors (Lipinski definition) is 6. The Morgan fingerprint density at radius 2 is 1.69 bits per heavy atom. The van der Waals surface area contributed by atoms with Crippen molar-refractivity contribution in [1.29, 1.82) is 0 Å². The summed E-state index contributed by atoms with van der Waals surface area (Å²) in [5.41, 5.74) is 0.756. The lowest BCUT2D eigenvalue weighted by Crippen LogP contribution is -2.50. The van der Waals surface area contributed by atoms with E-state index in [1.165, 1.54) is 34.1 Å². The van der Waals surface area contributed by atoms with Crippen LogP contribution in [-0.2, 0) is 14.8 Å². The van der Waals surface area contributed by atoms with E-state index in [2.05, 4.69) is 13.8 Å². The lowest BCUT2D eigenvalue weighted by atomic mass is 10.0. The van der Waals surface area contributed by atoms with Crippen molar-refractivity contribution in [3.05, 3.63) is 64.2 Å². The van der Waals surface area contributed by atoms with Crippen LogP contribution in [0.3, 0.4) is 0 Å². The number of nitrogens with zero attached hydrogens (tertiary/aromatic N) is 3. The van der Waals surface area contributed by atoms with Crippen LogP contribution in [0.15, 0.2) is 53.4 Å². The molecule has 9 nitrogen and oxygen atoms in total. The molecule has 3 rings (SSSR count). The molecule has 0 saturated carbocycles. The van der Waals surface area contributed by atoms with Gasteiger partial charge in [0.15, 0.2) is 4.90 Å². The van der Waals surface area contributed by atoms with Gasteiger partial charge in [0.25, 0.3) is 5.69 Å². The highest BCUT2D eigenvalue weighted by Gasteiger charge is 2.34. The first kappa shape index (κ1) is 23.7. The van der Waals surface area contributed by atoms with Crippen molar-refractivity contribution in [2.24, 2.45) is 0 Å². The molecule has 1 aliphatic heterocycles. The van der Waals surface area contributed by atoms with Gasteiger partial charge in [-0.05, 0) is 29.7 Å². The zero-order valence-electron chi connectivity index (χ0n) is 18.1. The Morgan fingerprint density at radius 3 is 2.28 bits per heavy atom. The van der Waals surface area contributed by atoms with Gasteiger partial charge in [0.1, 0.15) is 5.75 Å². The number of benzene rings is 2. The molecule has 0 unspecified atom stereocenters. The van der Waals surface area contributed by atoms with Gasteiger partial charge in [-0.25, -0.2) is 8.42 Å². The van der Waals surface area contributed by atoms with Crippen molar-refractivity contribution in [1.82, 2.24) is 9.21 Å². The Morgan fingerprint density at radius 1 is 1.06 bits per heavy atom. The van der Waals surface area contributed by atoms with E-state index in [0.29, 0.717) is 11.7 Å². The predicted octanol–water partition coefficient (Wildman–Crippen LogP) is 3.02. The minimum absolute atomic E-state index is 0.0810. The third kappa shape index (κ3) is 5.43. The van der Waals surface area contributed by atoms with E-state index in [4.69, 9.17) is 4.74 Å². The summed E-state index contributed by atoms with van der Waals surface area (Å²) < 4.78 is 32.6. The quantitative estimate of drug-likeness (QED) is 0.441. The van der Waals surface area contributed by atoms with Crippen LogP contribution < -0.4 is 4.74 Å². The lowest BCUT2D eigenvalue weighted by molar-refractivity contribution is -0.387. The topological polar surface area (TPSA) is 110 Å². The van der Waals surface area contributed by atoms with Crippen molar-refractivity contribution in [3.63, 3.8) is 0 Å². The van der Waals surface area contributed by atoms with Gasteiger partial charge in [0.2, 0.25) is 15.9 Å². The molecule has 1 amide bonds. The smallest absolute Gasteiger partial charge is 0.289 e. The molecule has 0 atom stereocenters. The third-order valence-corrected chi connectivity index (χ3v) is 7.35. The Bertz CT molecular complexity index is 1060. The van der Waals surface area contributed by atoms with E-state index in [1.807, 2.05) is 24.3 Å². The highest BCUT2D eigenvalue weighted by molar-refractivity contribution is 7.89. The average Bonchev–Trinajstić information content (AvgIpc) is 2.79. The van der Waals surface area contributed by atoms with Crippen molar-refractivity contribution >= 4 is 21.6 Å². The first-order valence-electron chi connectivity index (χ1n) is 10.4. The molecule has 0 aromatic heterocycles. The van der Waals surface area contributed by atoms with Crippen LogP contribution in [0.5, 0.6) is 5.75 Å². The number of carbonyl (C=O) groups is 1. The van der Waals surface area contributed by atoms with Crippen LogP contribution in [0.1, 0.15) is 31.7 Å². The van der Waals surface area contributed by atoms with Crippen molar-refractivity contribution in [2.45, 2.75) is 31.1 Å². The number of piperazine rings is 1. The summed E-state index contributed by atoms with van der Waals surface area (Å²) in [6.07, 6.45) is 0.183. The summed E-state index contributed by atoms with van der Waals surface area (Å²) in [6, 6.07) is 13.0. The van der Waals surface area contributed by atoms with Crippen LogP contribution in [0, 0.1) is 10.1 Å². The number of sulfonamides is 1. The number of nitro groups is 1. The molecule has 0 aliphatic carbocycles. The zero-order valence-corrected chi connectivity index (χ0v) is 19.0. The SMILES string of the molecule is CC(C)c1ccc(OCCC(=O)N2CCN(S(=O)(=O)c3ccccc3[N+](=O)[O-])CC2)cc1. The number of hydrogen-bond donors (Lipinski definition) is 0. The van der Waals surface area contributed by atoms with Gasteiger partial charge in [-0.3, -0.25) is 14.9 Å². The minimum Gasteiger partial charge on any atom is -0.493 e. The first-order valence-corrected chi connectivity index (χ1v) is 11.9. The highest BCUT2D eigenvalue weighted by atomic mass is 32.2.